The number of halogens is 2. The molecule has 0 unspecified atom stereocenters. The fourth-order valence-corrected chi connectivity index (χ4v) is 3.83. The zero-order valence-corrected chi connectivity index (χ0v) is 14.4. The summed E-state index contributed by atoms with van der Waals surface area (Å²) >= 11 is 0. The largest absolute Gasteiger partial charge is 0.357 e. The van der Waals surface area contributed by atoms with E-state index in [-0.39, 0.29) is 10.6 Å². The first-order valence-electron chi connectivity index (χ1n) is 8.14. The molecule has 8 heteroatoms. The van der Waals surface area contributed by atoms with Gasteiger partial charge in [0.2, 0.25) is 0 Å². The Kier molecular flexibility index (Phi) is 5.17. The number of rotatable bonds is 4. The van der Waals surface area contributed by atoms with Crippen molar-refractivity contribution in [1.82, 2.24) is 4.98 Å². The number of nitrogens with zero attached hydrogens (tertiary/aromatic N) is 2. The summed E-state index contributed by atoms with van der Waals surface area (Å²) in [7, 11) is -3.97. The van der Waals surface area contributed by atoms with Crippen LogP contribution in [-0.4, -0.2) is 26.5 Å². The molecule has 2 aromatic rings. The standard InChI is InChI=1S/C17H19F2N3O2S/c18-13-9-14(19)11-15(10-13)21-25(23,24)16-5-6-17(20-12-16)22-7-3-1-2-4-8-22/h5-6,9-12,21H,1-4,7-8H2. The summed E-state index contributed by atoms with van der Waals surface area (Å²) in [6.45, 7) is 1.81. The van der Waals surface area contributed by atoms with Crippen molar-refractivity contribution in [3.05, 3.63) is 48.2 Å². The topological polar surface area (TPSA) is 62.3 Å². The molecule has 0 amide bonds. The summed E-state index contributed by atoms with van der Waals surface area (Å²) in [4.78, 5) is 6.32. The Balaban J connectivity index is 1.78. The van der Waals surface area contributed by atoms with E-state index in [0.717, 1.165) is 43.9 Å². The van der Waals surface area contributed by atoms with Crippen molar-refractivity contribution in [2.24, 2.45) is 0 Å². The molecule has 1 aliphatic heterocycles. The number of aromatic nitrogens is 1. The van der Waals surface area contributed by atoms with E-state index in [9.17, 15) is 17.2 Å². The number of pyridine rings is 1. The fourth-order valence-electron chi connectivity index (χ4n) is 2.85. The quantitative estimate of drug-likeness (QED) is 0.898. The van der Waals surface area contributed by atoms with Crippen LogP contribution < -0.4 is 9.62 Å². The van der Waals surface area contributed by atoms with Crippen LogP contribution in [-0.2, 0) is 10.0 Å². The SMILES string of the molecule is O=S(=O)(Nc1cc(F)cc(F)c1)c1ccc(N2CCCCCC2)nc1. The highest BCUT2D eigenvalue weighted by Gasteiger charge is 2.17. The van der Waals surface area contributed by atoms with E-state index in [4.69, 9.17) is 0 Å². The minimum absolute atomic E-state index is 0.0595. The van der Waals surface area contributed by atoms with Crippen LogP contribution in [0.15, 0.2) is 41.4 Å². The molecule has 25 heavy (non-hydrogen) atoms. The number of nitrogens with one attached hydrogen (secondary N) is 1. The molecule has 1 fully saturated rings. The molecule has 134 valence electrons. The highest BCUT2D eigenvalue weighted by molar-refractivity contribution is 7.92. The van der Waals surface area contributed by atoms with Crippen LogP contribution >= 0.6 is 0 Å². The van der Waals surface area contributed by atoms with E-state index in [1.165, 1.54) is 25.1 Å². The fraction of sp³-hybridized carbons (Fsp3) is 0.353. The lowest BCUT2D eigenvalue weighted by molar-refractivity contribution is 0.584. The second-order valence-corrected chi connectivity index (χ2v) is 7.70. The lowest BCUT2D eigenvalue weighted by Gasteiger charge is -2.21. The molecular weight excluding hydrogens is 348 g/mol. The molecule has 0 atom stereocenters. The van der Waals surface area contributed by atoms with Crippen molar-refractivity contribution in [3.8, 4) is 0 Å². The molecule has 2 heterocycles. The van der Waals surface area contributed by atoms with Gasteiger partial charge in [-0.2, -0.15) is 0 Å². The molecule has 0 aliphatic carbocycles. The zero-order valence-electron chi connectivity index (χ0n) is 13.6. The predicted octanol–water partition coefficient (Wildman–Crippen LogP) is 3.54. The minimum atomic E-state index is -3.97. The molecule has 1 saturated heterocycles. The van der Waals surface area contributed by atoms with Crippen molar-refractivity contribution in [2.75, 3.05) is 22.7 Å². The number of hydrogen-bond donors (Lipinski definition) is 1. The highest BCUT2D eigenvalue weighted by Crippen LogP contribution is 2.21. The maximum absolute atomic E-state index is 13.2. The van der Waals surface area contributed by atoms with Crippen LogP contribution in [0.1, 0.15) is 25.7 Å². The molecule has 1 aromatic heterocycles. The molecule has 1 N–H and O–H groups in total. The van der Waals surface area contributed by atoms with Gasteiger partial charge in [-0.3, -0.25) is 4.72 Å². The Morgan fingerprint density at radius 2 is 1.60 bits per heavy atom. The summed E-state index contributed by atoms with van der Waals surface area (Å²) in [5.74, 6) is -0.975. The molecule has 0 saturated carbocycles. The van der Waals surface area contributed by atoms with Gasteiger partial charge in [0.1, 0.15) is 22.3 Å². The van der Waals surface area contributed by atoms with Gasteiger partial charge in [0.05, 0.1) is 5.69 Å². The predicted molar refractivity (Wildman–Crippen MR) is 92.1 cm³/mol. The number of benzene rings is 1. The van der Waals surface area contributed by atoms with Crippen LogP contribution in [0.3, 0.4) is 0 Å². The van der Waals surface area contributed by atoms with Crippen LogP contribution in [0.4, 0.5) is 20.3 Å². The van der Waals surface area contributed by atoms with Crippen molar-refractivity contribution in [2.45, 2.75) is 30.6 Å². The normalized spacial score (nSPS) is 15.7. The van der Waals surface area contributed by atoms with Gasteiger partial charge in [-0.05, 0) is 37.1 Å². The van der Waals surface area contributed by atoms with Gasteiger partial charge >= 0.3 is 0 Å². The van der Waals surface area contributed by atoms with E-state index in [0.29, 0.717) is 6.07 Å². The molecular formula is C17H19F2N3O2S. The average Bonchev–Trinajstić information content (AvgIpc) is 2.83. The second kappa shape index (κ2) is 7.35. The van der Waals surface area contributed by atoms with E-state index in [1.807, 2.05) is 0 Å². The van der Waals surface area contributed by atoms with Gasteiger partial charge < -0.3 is 4.90 Å². The third-order valence-corrected chi connectivity index (χ3v) is 5.44. The van der Waals surface area contributed by atoms with Gasteiger partial charge in [-0.15, -0.1) is 0 Å². The van der Waals surface area contributed by atoms with Gasteiger partial charge in [0.15, 0.2) is 0 Å². The van der Waals surface area contributed by atoms with E-state index >= 15 is 0 Å². The lowest BCUT2D eigenvalue weighted by atomic mass is 10.2. The van der Waals surface area contributed by atoms with Crippen LogP contribution in [0.25, 0.3) is 0 Å². The van der Waals surface area contributed by atoms with Crippen molar-refractivity contribution >= 4 is 21.5 Å². The molecule has 1 aromatic carbocycles. The summed E-state index contributed by atoms with van der Waals surface area (Å²) in [6.07, 6.45) is 5.83. The summed E-state index contributed by atoms with van der Waals surface area (Å²) in [5, 5.41) is 0. The van der Waals surface area contributed by atoms with Crippen LogP contribution in [0.5, 0.6) is 0 Å². The summed E-state index contributed by atoms with van der Waals surface area (Å²) in [6, 6.07) is 5.62. The van der Waals surface area contributed by atoms with Crippen LogP contribution in [0, 0.1) is 11.6 Å². The van der Waals surface area contributed by atoms with Crippen molar-refractivity contribution in [1.29, 1.82) is 0 Å². The highest BCUT2D eigenvalue weighted by atomic mass is 32.2. The Bertz CT molecular complexity index is 813. The van der Waals surface area contributed by atoms with Crippen molar-refractivity contribution < 1.29 is 17.2 Å². The molecule has 0 bridgehead atoms. The number of anilines is 2. The Morgan fingerprint density at radius 1 is 0.960 bits per heavy atom. The Morgan fingerprint density at radius 3 is 2.16 bits per heavy atom. The Labute approximate surface area is 145 Å². The lowest BCUT2D eigenvalue weighted by Crippen LogP contribution is -2.25. The molecule has 1 aliphatic rings. The number of hydrogen-bond acceptors (Lipinski definition) is 4. The first kappa shape index (κ1) is 17.6. The van der Waals surface area contributed by atoms with E-state index in [2.05, 4.69) is 14.6 Å². The molecule has 5 nitrogen and oxygen atoms in total. The minimum Gasteiger partial charge on any atom is -0.357 e. The van der Waals surface area contributed by atoms with E-state index < -0.39 is 21.7 Å². The van der Waals surface area contributed by atoms with Gasteiger partial charge in [0, 0.05) is 25.4 Å². The first-order chi connectivity index (χ1) is 11.9. The van der Waals surface area contributed by atoms with Crippen LogP contribution in [0.2, 0.25) is 0 Å². The monoisotopic (exact) mass is 367 g/mol. The number of sulfonamides is 1. The average molecular weight is 367 g/mol. The zero-order chi connectivity index (χ0) is 17.9. The maximum Gasteiger partial charge on any atom is 0.263 e. The summed E-state index contributed by atoms with van der Waals surface area (Å²) in [5.41, 5.74) is -0.172. The second-order valence-electron chi connectivity index (χ2n) is 6.02. The molecule has 0 spiro atoms. The maximum atomic E-state index is 13.2. The Hall–Kier alpha value is -2.22. The molecule has 3 rings (SSSR count). The van der Waals surface area contributed by atoms with Gasteiger partial charge in [-0.25, -0.2) is 22.2 Å². The van der Waals surface area contributed by atoms with E-state index in [1.54, 1.807) is 6.07 Å². The third-order valence-electron chi connectivity index (χ3n) is 4.08. The third kappa shape index (κ3) is 4.45. The first-order valence-corrected chi connectivity index (χ1v) is 9.62. The van der Waals surface area contributed by atoms with Crippen molar-refractivity contribution in [3.63, 3.8) is 0 Å². The molecule has 0 radical (unpaired) electrons. The summed E-state index contributed by atoms with van der Waals surface area (Å²) < 4.78 is 53.3. The van der Waals surface area contributed by atoms with Gasteiger partial charge in [0.25, 0.3) is 10.0 Å². The smallest absolute Gasteiger partial charge is 0.263 e. The van der Waals surface area contributed by atoms with Gasteiger partial charge in [-0.1, -0.05) is 12.8 Å².